The van der Waals surface area contributed by atoms with Crippen molar-refractivity contribution < 1.29 is 9.90 Å². The first kappa shape index (κ1) is 11.5. The molecule has 0 spiro atoms. The third kappa shape index (κ3) is 2.56. The van der Waals surface area contributed by atoms with E-state index < -0.39 is 5.97 Å². The second-order valence-electron chi connectivity index (χ2n) is 3.27. The number of hydrogen-bond acceptors (Lipinski definition) is 5. The zero-order chi connectivity index (χ0) is 12.3. The highest BCUT2D eigenvalue weighted by Gasteiger charge is 2.11. The van der Waals surface area contributed by atoms with Crippen molar-refractivity contribution in [1.29, 1.82) is 0 Å². The average Bonchev–Trinajstić information content (AvgIpc) is 2.69. The SMILES string of the molecule is O=C(O)CCn1c(-c2cnccn2)csc1=O. The van der Waals surface area contributed by atoms with E-state index in [1.165, 1.54) is 17.0 Å². The Labute approximate surface area is 100 Å². The van der Waals surface area contributed by atoms with Gasteiger partial charge in [-0.25, -0.2) is 0 Å². The monoisotopic (exact) mass is 251 g/mol. The van der Waals surface area contributed by atoms with Crippen molar-refractivity contribution in [3.63, 3.8) is 0 Å². The van der Waals surface area contributed by atoms with Crippen LogP contribution in [0.2, 0.25) is 0 Å². The molecule has 0 aliphatic heterocycles. The van der Waals surface area contributed by atoms with E-state index in [0.29, 0.717) is 11.4 Å². The van der Waals surface area contributed by atoms with Gasteiger partial charge >= 0.3 is 10.8 Å². The number of rotatable bonds is 4. The molecular formula is C10H9N3O3S. The lowest BCUT2D eigenvalue weighted by molar-refractivity contribution is -0.137. The molecule has 17 heavy (non-hydrogen) atoms. The summed E-state index contributed by atoms with van der Waals surface area (Å²) in [5.74, 6) is -0.937. The predicted molar refractivity (Wildman–Crippen MR) is 61.9 cm³/mol. The Kier molecular flexibility index (Phi) is 3.29. The number of carboxylic acids is 1. The van der Waals surface area contributed by atoms with Gasteiger partial charge in [0.2, 0.25) is 0 Å². The first-order valence-electron chi connectivity index (χ1n) is 4.85. The van der Waals surface area contributed by atoms with Crippen molar-refractivity contribution in [2.45, 2.75) is 13.0 Å². The maximum atomic E-state index is 11.6. The van der Waals surface area contributed by atoms with Crippen LogP contribution in [0, 0.1) is 0 Å². The Hall–Kier alpha value is -2.02. The summed E-state index contributed by atoms with van der Waals surface area (Å²) < 4.78 is 1.41. The molecule has 0 atom stereocenters. The van der Waals surface area contributed by atoms with Gasteiger partial charge in [0.1, 0.15) is 5.69 Å². The van der Waals surface area contributed by atoms with Crippen LogP contribution >= 0.6 is 11.3 Å². The molecule has 0 saturated heterocycles. The lowest BCUT2D eigenvalue weighted by Crippen LogP contribution is -2.16. The number of aromatic nitrogens is 3. The van der Waals surface area contributed by atoms with Gasteiger partial charge in [-0.3, -0.25) is 24.1 Å². The molecule has 0 unspecified atom stereocenters. The number of aliphatic carboxylic acids is 1. The molecule has 6 nitrogen and oxygen atoms in total. The minimum absolute atomic E-state index is 0.0934. The Balaban J connectivity index is 2.36. The molecular weight excluding hydrogens is 242 g/mol. The van der Waals surface area contributed by atoms with Crippen molar-refractivity contribution in [3.05, 3.63) is 33.6 Å². The number of thiazole rings is 1. The zero-order valence-corrected chi connectivity index (χ0v) is 9.55. The van der Waals surface area contributed by atoms with E-state index in [4.69, 9.17) is 5.11 Å². The highest BCUT2D eigenvalue weighted by molar-refractivity contribution is 7.07. The summed E-state index contributed by atoms with van der Waals surface area (Å²) in [6, 6.07) is 0. The summed E-state index contributed by atoms with van der Waals surface area (Å²) in [5.41, 5.74) is 1.17. The minimum atomic E-state index is -0.937. The molecule has 2 aromatic heterocycles. The predicted octanol–water partition coefficient (Wildman–Crippen LogP) is 0.841. The molecule has 0 radical (unpaired) electrons. The maximum absolute atomic E-state index is 11.6. The zero-order valence-electron chi connectivity index (χ0n) is 8.74. The summed E-state index contributed by atoms with van der Waals surface area (Å²) in [4.78, 5) is 29.9. The standard InChI is InChI=1S/C10H9N3O3S/c14-9(15)1-4-13-8(6-17-10(13)16)7-5-11-2-3-12-7/h2-3,5-6H,1,4H2,(H,14,15). The molecule has 2 aromatic rings. The van der Waals surface area contributed by atoms with Gasteiger partial charge in [0.15, 0.2) is 0 Å². The lowest BCUT2D eigenvalue weighted by atomic mass is 10.3. The molecule has 0 amide bonds. The number of carbonyl (C=O) groups is 1. The second kappa shape index (κ2) is 4.88. The van der Waals surface area contributed by atoms with E-state index in [1.54, 1.807) is 11.6 Å². The van der Waals surface area contributed by atoms with Gasteiger partial charge in [-0.15, -0.1) is 0 Å². The highest BCUT2D eigenvalue weighted by atomic mass is 32.1. The van der Waals surface area contributed by atoms with Crippen LogP contribution in [0.5, 0.6) is 0 Å². The van der Waals surface area contributed by atoms with Gasteiger partial charge in [0.25, 0.3) is 0 Å². The normalized spacial score (nSPS) is 10.4. The van der Waals surface area contributed by atoms with Gasteiger partial charge in [0.05, 0.1) is 18.3 Å². The van der Waals surface area contributed by atoms with Gasteiger partial charge in [0, 0.05) is 24.3 Å². The summed E-state index contributed by atoms with van der Waals surface area (Å²) in [6.45, 7) is 0.142. The Morgan fingerprint density at radius 3 is 2.94 bits per heavy atom. The molecule has 0 aliphatic carbocycles. The van der Waals surface area contributed by atoms with Crippen LogP contribution in [0.4, 0.5) is 0 Å². The lowest BCUT2D eigenvalue weighted by Gasteiger charge is -2.04. The molecule has 0 aliphatic rings. The van der Waals surface area contributed by atoms with Crippen LogP contribution in [0.1, 0.15) is 6.42 Å². The molecule has 88 valence electrons. The number of nitrogens with zero attached hydrogens (tertiary/aromatic N) is 3. The molecule has 7 heteroatoms. The Bertz CT molecular complexity index is 576. The Morgan fingerprint density at radius 2 is 2.29 bits per heavy atom. The van der Waals surface area contributed by atoms with E-state index in [-0.39, 0.29) is 17.8 Å². The molecule has 2 heterocycles. The van der Waals surface area contributed by atoms with Crippen molar-refractivity contribution >= 4 is 17.3 Å². The van der Waals surface area contributed by atoms with Crippen molar-refractivity contribution in [1.82, 2.24) is 14.5 Å². The first-order chi connectivity index (χ1) is 8.18. The largest absolute Gasteiger partial charge is 0.481 e. The summed E-state index contributed by atoms with van der Waals surface area (Å²) in [6.07, 6.45) is 4.51. The molecule has 0 fully saturated rings. The van der Waals surface area contributed by atoms with Crippen LogP contribution in [-0.2, 0) is 11.3 Å². The van der Waals surface area contributed by atoms with Crippen LogP contribution in [-0.4, -0.2) is 25.6 Å². The Morgan fingerprint density at radius 1 is 1.47 bits per heavy atom. The number of carboxylic acid groups (broad SMARTS) is 1. The van der Waals surface area contributed by atoms with Crippen molar-refractivity contribution in [2.24, 2.45) is 0 Å². The van der Waals surface area contributed by atoms with Gasteiger partial charge in [-0.2, -0.15) is 0 Å². The summed E-state index contributed by atoms with van der Waals surface area (Å²) in [5, 5.41) is 10.3. The topological polar surface area (TPSA) is 85.1 Å². The molecule has 0 aromatic carbocycles. The molecule has 1 N–H and O–H groups in total. The van der Waals surface area contributed by atoms with Gasteiger partial charge in [-0.05, 0) is 0 Å². The van der Waals surface area contributed by atoms with E-state index in [0.717, 1.165) is 11.3 Å². The molecule has 2 rings (SSSR count). The molecule has 0 bridgehead atoms. The van der Waals surface area contributed by atoms with Crippen molar-refractivity contribution in [2.75, 3.05) is 0 Å². The fourth-order valence-corrected chi connectivity index (χ4v) is 2.16. The van der Waals surface area contributed by atoms with Crippen LogP contribution in [0.3, 0.4) is 0 Å². The maximum Gasteiger partial charge on any atom is 0.307 e. The summed E-state index contributed by atoms with van der Waals surface area (Å²) in [7, 11) is 0. The van der Waals surface area contributed by atoms with E-state index in [2.05, 4.69) is 9.97 Å². The van der Waals surface area contributed by atoms with Crippen LogP contribution < -0.4 is 4.87 Å². The fraction of sp³-hybridized carbons (Fsp3) is 0.200. The average molecular weight is 251 g/mol. The fourth-order valence-electron chi connectivity index (χ4n) is 1.38. The van der Waals surface area contributed by atoms with Gasteiger partial charge in [-0.1, -0.05) is 11.3 Å². The number of hydrogen-bond donors (Lipinski definition) is 1. The summed E-state index contributed by atoms with van der Waals surface area (Å²) >= 11 is 1.02. The molecule has 0 saturated carbocycles. The van der Waals surface area contributed by atoms with E-state index in [1.807, 2.05) is 0 Å². The third-order valence-corrected chi connectivity index (χ3v) is 2.92. The minimum Gasteiger partial charge on any atom is -0.481 e. The van der Waals surface area contributed by atoms with Crippen molar-refractivity contribution in [3.8, 4) is 11.4 Å². The van der Waals surface area contributed by atoms with E-state index >= 15 is 0 Å². The van der Waals surface area contributed by atoms with Crippen LogP contribution in [0.25, 0.3) is 11.4 Å². The second-order valence-corrected chi connectivity index (χ2v) is 4.09. The quantitative estimate of drug-likeness (QED) is 0.870. The highest BCUT2D eigenvalue weighted by Crippen LogP contribution is 2.16. The van der Waals surface area contributed by atoms with Crippen LogP contribution in [0.15, 0.2) is 28.8 Å². The third-order valence-electron chi connectivity index (χ3n) is 2.16. The van der Waals surface area contributed by atoms with E-state index in [9.17, 15) is 9.59 Å². The first-order valence-corrected chi connectivity index (χ1v) is 5.73. The smallest absolute Gasteiger partial charge is 0.307 e. The van der Waals surface area contributed by atoms with Gasteiger partial charge < -0.3 is 5.11 Å².